The molecule has 2 aliphatic heterocycles. The molecule has 4 heterocycles. The van der Waals surface area contributed by atoms with E-state index in [0.717, 1.165) is 5.56 Å². The quantitative estimate of drug-likeness (QED) is 0.731. The highest BCUT2D eigenvalue weighted by Gasteiger charge is 2.64. The van der Waals surface area contributed by atoms with Crippen molar-refractivity contribution in [3.05, 3.63) is 34.1 Å². The molecule has 0 amide bonds. The smallest absolute Gasteiger partial charge is 0.205 e. The van der Waals surface area contributed by atoms with Crippen molar-refractivity contribution in [1.82, 2.24) is 9.55 Å². The maximum atomic E-state index is 10.9. The number of hydrogen-bond acceptors (Lipinski definition) is 6. The Bertz CT molecular complexity index is 974. The number of nitriles is 1. The fourth-order valence-corrected chi connectivity index (χ4v) is 4.29. The lowest BCUT2D eigenvalue weighted by Crippen LogP contribution is -2.32. The number of aromatic nitrogens is 2. The van der Waals surface area contributed by atoms with E-state index in [1.54, 1.807) is 27.7 Å². The molecule has 0 radical (unpaired) electrons. The molecule has 0 aliphatic carbocycles. The van der Waals surface area contributed by atoms with Gasteiger partial charge in [0.05, 0.1) is 34.7 Å². The number of aliphatic hydroxyl groups is 1. The third-order valence-corrected chi connectivity index (χ3v) is 5.77. The van der Waals surface area contributed by atoms with Crippen molar-refractivity contribution >= 4 is 0 Å². The maximum Gasteiger partial charge on any atom is 0.205 e. The second-order valence-electron chi connectivity index (χ2n) is 7.25. The number of fused-ring (bicyclic) bond motifs is 5. The van der Waals surface area contributed by atoms with Gasteiger partial charge in [0, 0.05) is 6.42 Å². The van der Waals surface area contributed by atoms with Gasteiger partial charge in [0.15, 0.2) is 0 Å². The Morgan fingerprint density at radius 3 is 2.52 bits per heavy atom. The molecule has 0 spiro atoms. The molecule has 4 rings (SSSR count). The monoisotopic (exact) mass is 341 g/mol. The minimum absolute atomic E-state index is 0.125. The third kappa shape index (κ3) is 1.68. The average Bonchev–Trinajstić information content (AvgIpc) is 3.05. The van der Waals surface area contributed by atoms with Crippen molar-refractivity contribution in [2.45, 2.75) is 51.4 Å². The van der Waals surface area contributed by atoms with Crippen LogP contribution in [0.4, 0.5) is 0 Å². The Morgan fingerprint density at radius 2 is 1.88 bits per heavy atom. The number of aliphatic hydroxyl groups excluding tert-OH is 1. The Labute approximate surface area is 144 Å². The van der Waals surface area contributed by atoms with Gasteiger partial charge in [-0.05, 0) is 38.8 Å². The van der Waals surface area contributed by atoms with E-state index < -0.39 is 17.3 Å². The van der Waals surface area contributed by atoms with Crippen molar-refractivity contribution < 1.29 is 20.1 Å². The molecule has 0 unspecified atom stereocenters. The predicted octanol–water partition coefficient (Wildman–Crippen LogP) is 2.00. The van der Waals surface area contributed by atoms with Gasteiger partial charge in [-0.25, -0.2) is 9.55 Å². The number of pyridine rings is 1. The summed E-state index contributed by atoms with van der Waals surface area (Å²) in [5, 5.41) is 41.2. The van der Waals surface area contributed by atoms with Gasteiger partial charge in [0.1, 0.15) is 17.4 Å². The average molecular weight is 341 g/mol. The molecule has 1 saturated heterocycles. The lowest BCUT2D eigenvalue weighted by molar-refractivity contribution is -0.0936. The minimum Gasteiger partial charge on any atom is -0.494 e. The van der Waals surface area contributed by atoms with E-state index in [4.69, 9.17) is 10.00 Å². The molecule has 3 N–H and O–H groups in total. The van der Waals surface area contributed by atoms with Crippen LogP contribution in [0, 0.1) is 25.2 Å². The van der Waals surface area contributed by atoms with E-state index in [-0.39, 0.29) is 11.8 Å². The van der Waals surface area contributed by atoms with Crippen molar-refractivity contribution in [1.29, 1.82) is 5.26 Å². The van der Waals surface area contributed by atoms with Gasteiger partial charge in [-0.2, -0.15) is 5.26 Å². The number of ether oxygens (including phenoxy) is 1. The van der Waals surface area contributed by atoms with Gasteiger partial charge in [-0.3, -0.25) is 0 Å². The Balaban J connectivity index is 2.02. The summed E-state index contributed by atoms with van der Waals surface area (Å²) in [4.78, 5) is 4.12. The summed E-state index contributed by atoms with van der Waals surface area (Å²) in [5.41, 5.74) is 1.19. The van der Waals surface area contributed by atoms with Gasteiger partial charge in [0.2, 0.25) is 11.8 Å². The topological polar surface area (TPSA) is 112 Å². The Hall–Kier alpha value is -2.56. The molecule has 7 heteroatoms. The Kier molecular flexibility index (Phi) is 2.89. The molecule has 2 aliphatic rings. The minimum atomic E-state index is -1.07. The van der Waals surface area contributed by atoms with E-state index in [1.165, 1.54) is 10.8 Å². The summed E-state index contributed by atoms with van der Waals surface area (Å²) in [6, 6.07) is 2.03. The summed E-state index contributed by atoms with van der Waals surface area (Å²) in [5.74, 6) is -0.300. The number of aromatic hydroxyl groups is 2. The van der Waals surface area contributed by atoms with E-state index in [1.807, 2.05) is 6.07 Å². The predicted molar refractivity (Wildman–Crippen MR) is 87.5 cm³/mol. The van der Waals surface area contributed by atoms with Crippen LogP contribution >= 0.6 is 0 Å². The number of nitrogens with zero attached hydrogens (tertiary/aromatic N) is 3. The third-order valence-electron chi connectivity index (χ3n) is 5.77. The summed E-state index contributed by atoms with van der Waals surface area (Å²) in [6.07, 6.45) is 1.03. The SMILES string of the molecule is Cc1c(-n2c(O)c3c(c2O)[C@]2(C)C[C@@H](O)[C@@]3(C)O2)cnc(C#N)c1C. The highest BCUT2D eigenvalue weighted by molar-refractivity contribution is 5.63. The van der Waals surface area contributed by atoms with Crippen LogP contribution in [-0.4, -0.2) is 31.0 Å². The zero-order valence-electron chi connectivity index (χ0n) is 14.5. The first kappa shape index (κ1) is 15.9. The van der Waals surface area contributed by atoms with Gasteiger partial charge >= 0.3 is 0 Å². The number of rotatable bonds is 1. The first-order valence-corrected chi connectivity index (χ1v) is 8.08. The van der Waals surface area contributed by atoms with Crippen molar-refractivity contribution in [3.63, 3.8) is 0 Å². The molecule has 1 fully saturated rings. The zero-order chi connectivity index (χ0) is 18.3. The normalized spacial score (nSPS) is 29.7. The summed E-state index contributed by atoms with van der Waals surface area (Å²) >= 11 is 0. The highest BCUT2D eigenvalue weighted by Crippen LogP contribution is 2.64. The van der Waals surface area contributed by atoms with E-state index in [2.05, 4.69) is 4.98 Å². The standard InChI is InChI=1S/C18H19N3O4/c1-8-9(2)11(7-20-10(8)6-19)21-15(23)13-14(16(21)24)18(4)12(22)5-17(13,3)25-18/h7,12,22-24H,5H2,1-4H3/t12-,17+,18-/m1/s1. The van der Waals surface area contributed by atoms with E-state index in [0.29, 0.717) is 34.5 Å². The molecule has 25 heavy (non-hydrogen) atoms. The molecule has 130 valence electrons. The van der Waals surface area contributed by atoms with Gasteiger partial charge in [-0.15, -0.1) is 0 Å². The van der Waals surface area contributed by atoms with Crippen LogP contribution in [0.25, 0.3) is 5.69 Å². The largest absolute Gasteiger partial charge is 0.494 e. The molecule has 2 aromatic heterocycles. The van der Waals surface area contributed by atoms with Crippen molar-refractivity contribution in [3.8, 4) is 23.5 Å². The van der Waals surface area contributed by atoms with Crippen molar-refractivity contribution in [2.24, 2.45) is 0 Å². The molecule has 2 aromatic rings. The molecular formula is C18H19N3O4. The van der Waals surface area contributed by atoms with Gasteiger partial charge in [-0.1, -0.05) is 0 Å². The van der Waals surface area contributed by atoms with Crippen LogP contribution in [0.5, 0.6) is 11.8 Å². The Morgan fingerprint density at radius 1 is 1.24 bits per heavy atom. The van der Waals surface area contributed by atoms with Gasteiger partial charge < -0.3 is 20.1 Å². The second-order valence-corrected chi connectivity index (χ2v) is 7.25. The first-order chi connectivity index (χ1) is 11.7. The molecule has 3 atom stereocenters. The van der Waals surface area contributed by atoms with Crippen LogP contribution in [0.15, 0.2) is 6.20 Å². The van der Waals surface area contributed by atoms with Crippen molar-refractivity contribution in [2.75, 3.05) is 0 Å². The van der Waals surface area contributed by atoms with Crippen LogP contribution in [-0.2, 0) is 15.9 Å². The lowest BCUT2D eigenvalue weighted by atomic mass is 9.78. The fourth-order valence-electron chi connectivity index (χ4n) is 4.29. The van der Waals surface area contributed by atoms with Crippen LogP contribution in [0.3, 0.4) is 0 Å². The molecule has 2 bridgehead atoms. The summed E-state index contributed by atoms with van der Waals surface area (Å²) in [6.45, 7) is 7.09. The maximum absolute atomic E-state index is 10.9. The molecule has 0 saturated carbocycles. The lowest BCUT2D eigenvalue weighted by Gasteiger charge is -2.25. The van der Waals surface area contributed by atoms with E-state index in [9.17, 15) is 15.3 Å². The molecule has 7 nitrogen and oxygen atoms in total. The second kappa shape index (κ2) is 4.54. The molecular weight excluding hydrogens is 322 g/mol. The molecule has 0 aromatic carbocycles. The summed E-state index contributed by atoms with van der Waals surface area (Å²) in [7, 11) is 0. The van der Waals surface area contributed by atoms with Gasteiger partial charge in [0.25, 0.3) is 0 Å². The van der Waals surface area contributed by atoms with E-state index >= 15 is 0 Å². The summed E-state index contributed by atoms with van der Waals surface area (Å²) < 4.78 is 7.29. The van der Waals surface area contributed by atoms with Crippen LogP contribution in [0.2, 0.25) is 0 Å². The first-order valence-electron chi connectivity index (χ1n) is 8.08. The van der Waals surface area contributed by atoms with Crippen LogP contribution in [0.1, 0.15) is 48.2 Å². The fraction of sp³-hybridized carbons (Fsp3) is 0.444. The highest BCUT2D eigenvalue weighted by atomic mass is 16.6. The van der Waals surface area contributed by atoms with Crippen LogP contribution < -0.4 is 0 Å². The number of hydrogen-bond donors (Lipinski definition) is 3. The zero-order valence-corrected chi connectivity index (χ0v) is 14.5.